The summed E-state index contributed by atoms with van der Waals surface area (Å²) in [6, 6.07) is 0.595. The van der Waals surface area contributed by atoms with Gasteiger partial charge in [-0.05, 0) is 26.2 Å². The molecule has 0 radical (unpaired) electrons. The third kappa shape index (κ3) is 1.25. The van der Waals surface area contributed by atoms with Gasteiger partial charge in [-0.15, -0.1) is 0 Å². The van der Waals surface area contributed by atoms with E-state index in [-0.39, 0.29) is 6.10 Å². The highest BCUT2D eigenvalue weighted by Crippen LogP contribution is 2.31. The zero-order chi connectivity index (χ0) is 8.55. The van der Waals surface area contributed by atoms with Gasteiger partial charge < -0.3 is 5.11 Å². The molecule has 0 aliphatic heterocycles. The van der Waals surface area contributed by atoms with Gasteiger partial charge in [0.2, 0.25) is 0 Å². The van der Waals surface area contributed by atoms with Gasteiger partial charge in [-0.2, -0.15) is 5.10 Å². The molecule has 1 fully saturated rings. The maximum Gasteiger partial charge on any atom is 0.0792 e. The second kappa shape index (κ2) is 2.90. The molecule has 66 valence electrons. The fourth-order valence-corrected chi connectivity index (χ4v) is 1.42. The third-order valence-electron chi connectivity index (χ3n) is 2.55. The molecule has 0 spiro atoms. The maximum absolute atomic E-state index is 9.26. The molecule has 0 bridgehead atoms. The van der Waals surface area contributed by atoms with Gasteiger partial charge in [0, 0.05) is 11.8 Å². The minimum Gasteiger partial charge on any atom is -0.389 e. The Kier molecular flexibility index (Phi) is 1.89. The smallest absolute Gasteiger partial charge is 0.0792 e. The van der Waals surface area contributed by atoms with Gasteiger partial charge in [0.25, 0.3) is 0 Å². The van der Waals surface area contributed by atoms with Crippen molar-refractivity contribution in [2.45, 2.75) is 38.3 Å². The number of rotatable bonds is 2. The summed E-state index contributed by atoms with van der Waals surface area (Å²) in [6.45, 7) is 1.77. The van der Waals surface area contributed by atoms with Crippen LogP contribution in [0.4, 0.5) is 0 Å². The molecule has 0 unspecified atom stereocenters. The van der Waals surface area contributed by atoms with Crippen LogP contribution >= 0.6 is 0 Å². The van der Waals surface area contributed by atoms with Crippen molar-refractivity contribution in [2.75, 3.05) is 0 Å². The molecule has 3 nitrogen and oxygen atoms in total. The average molecular weight is 166 g/mol. The SMILES string of the molecule is C[C@@H](O)c1cnn(C2CCC2)c1. The number of aliphatic hydroxyl groups is 1. The minimum atomic E-state index is -0.390. The first-order valence-electron chi connectivity index (χ1n) is 4.49. The molecule has 1 N–H and O–H groups in total. The Hall–Kier alpha value is -0.830. The van der Waals surface area contributed by atoms with Gasteiger partial charge >= 0.3 is 0 Å². The molecule has 1 aromatic heterocycles. The molecule has 0 saturated heterocycles. The summed E-state index contributed by atoms with van der Waals surface area (Å²) >= 11 is 0. The van der Waals surface area contributed by atoms with Crippen LogP contribution in [0.3, 0.4) is 0 Å². The lowest BCUT2D eigenvalue weighted by Gasteiger charge is -2.25. The summed E-state index contributed by atoms with van der Waals surface area (Å²) in [7, 11) is 0. The van der Waals surface area contributed by atoms with Crippen molar-refractivity contribution >= 4 is 0 Å². The number of hydrogen-bond acceptors (Lipinski definition) is 2. The topological polar surface area (TPSA) is 38.1 Å². The number of hydrogen-bond donors (Lipinski definition) is 1. The van der Waals surface area contributed by atoms with Crippen molar-refractivity contribution in [3.63, 3.8) is 0 Å². The standard InChI is InChI=1S/C9H14N2O/c1-7(12)8-5-10-11(6-8)9-3-2-4-9/h5-7,9,12H,2-4H2,1H3/t7-/m1/s1. The van der Waals surface area contributed by atoms with Crippen molar-refractivity contribution < 1.29 is 5.11 Å². The van der Waals surface area contributed by atoms with Gasteiger partial charge in [-0.25, -0.2) is 0 Å². The lowest BCUT2D eigenvalue weighted by molar-refractivity contribution is 0.198. The molecule has 1 saturated carbocycles. The quantitative estimate of drug-likeness (QED) is 0.725. The van der Waals surface area contributed by atoms with E-state index in [9.17, 15) is 5.11 Å². The van der Waals surface area contributed by atoms with Crippen LogP contribution < -0.4 is 0 Å². The first-order valence-corrected chi connectivity index (χ1v) is 4.49. The van der Waals surface area contributed by atoms with Gasteiger partial charge in [0.15, 0.2) is 0 Å². The Bertz CT molecular complexity index is 263. The van der Waals surface area contributed by atoms with E-state index in [1.54, 1.807) is 13.1 Å². The van der Waals surface area contributed by atoms with Crippen molar-refractivity contribution in [3.05, 3.63) is 18.0 Å². The Morgan fingerprint density at radius 2 is 2.42 bits per heavy atom. The van der Waals surface area contributed by atoms with Crippen molar-refractivity contribution in [1.29, 1.82) is 0 Å². The molecule has 1 aromatic rings. The van der Waals surface area contributed by atoms with Crippen molar-refractivity contribution in [2.24, 2.45) is 0 Å². The fourth-order valence-electron chi connectivity index (χ4n) is 1.42. The van der Waals surface area contributed by atoms with Crippen LogP contribution in [0, 0.1) is 0 Å². The van der Waals surface area contributed by atoms with E-state index in [1.807, 2.05) is 10.9 Å². The molecule has 1 aliphatic rings. The van der Waals surface area contributed by atoms with E-state index in [4.69, 9.17) is 0 Å². The van der Waals surface area contributed by atoms with Crippen molar-refractivity contribution in [1.82, 2.24) is 9.78 Å². The van der Waals surface area contributed by atoms with Crippen LogP contribution in [0.2, 0.25) is 0 Å². The van der Waals surface area contributed by atoms with Crippen LogP contribution in [-0.2, 0) is 0 Å². The second-order valence-corrected chi connectivity index (χ2v) is 3.51. The van der Waals surface area contributed by atoms with Crippen LogP contribution in [-0.4, -0.2) is 14.9 Å². The molecule has 1 heterocycles. The highest BCUT2D eigenvalue weighted by atomic mass is 16.3. The van der Waals surface area contributed by atoms with Crippen LogP contribution in [0.25, 0.3) is 0 Å². The first kappa shape index (κ1) is 7.80. The van der Waals surface area contributed by atoms with Gasteiger partial charge in [0.1, 0.15) is 0 Å². The zero-order valence-electron chi connectivity index (χ0n) is 7.27. The van der Waals surface area contributed by atoms with Crippen molar-refractivity contribution in [3.8, 4) is 0 Å². The molecule has 1 atom stereocenters. The highest BCUT2D eigenvalue weighted by molar-refractivity contribution is 5.07. The lowest BCUT2D eigenvalue weighted by atomic mass is 9.93. The Morgan fingerprint density at radius 1 is 1.67 bits per heavy atom. The molecule has 0 aromatic carbocycles. The molecule has 3 heteroatoms. The maximum atomic E-state index is 9.26. The van der Waals surface area contributed by atoms with E-state index >= 15 is 0 Å². The fraction of sp³-hybridized carbons (Fsp3) is 0.667. The molecule has 0 amide bonds. The summed E-state index contributed by atoms with van der Waals surface area (Å²) in [6.07, 6.45) is 7.10. The minimum absolute atomic E-state index is 0.390. The van der Waals surface area contributed by atoms with Gasteiger partial charge in [-0.3, -0.25) is 4.68 Å². The number of aromatic nitrogens is 2. The predicted molar refractivity (Wildman–Crippen MR) is 45.7 cm³/mol. The van der Waals surface area contributed by atoms with Gasteiger partial charge in [0.05, 0.1) is 18.3 Å². The van der Waals surface area contributed by atoms with E-state index in [2.05, 4.69) is 5.10 Å². The lowest BCUT2D eigenvalue weighted by Crippen LogP contribution is -2.17. The van der Waals surface area contributed by atoms with E-state index < -0.39 is 0 Å². The predicted octanol–water partition coefficient (Wildman–Crippen LogP) is 1.66. The molecule has 2 rings (SSSR count). The first-order chi connectivity index (χ1) is 5.77. The zero-order valence-corrected chi connectivity index (χ0v) is 7.27. The Morgan fingerprint density at radius 3 is 2.83 bits per heavy atom. The second-order valence-electron chi connectivity index (χ2n) is 3.51. The van der Waals surface area contributed by atoms with E-state index in [1.165, 1.54) is 19.3 Å². The summed E-state index contributed by atoms with van der Waals surface area (Å²) < 4.78 is 1.98. The Balaban J connectivity index is 2.12. The monoisotopic (exact) mass is 166 g/mol. The van der Waals surface area contributed by atoms with Gasteiger partial charge in [-0.1, -0.05) is 0 Å². The largest absolute Gasteiger partial charge is 0.389 e. The molecule has 12 heavy (non-hydrogen) atoms. The highest BCUT2D eigenvalue weighted by Gasteiger charge is 2.20. The summed E-state index contributed by atoms with van der Waals surface area (Å²) in [4.78, 5) is 0. The number of nitrogens with zero attached hydrogens (tertiary/aromatic N) is 2. The average Bonchev–Trinajstić information content (AvgIpc) is 2.32. The van der Waals surface area contributed by atoms with E-state index in [0.717, 1.165) is 5.56 Å². The molecular weight excluding hydrogens is 152 g/mol. The summed E-state index contributed by atoms with van der Waals surface area (Å²) in [5.41, 5.74) is 0.918. The summed E-state index contributed by atoms with van der Waals surface area (Å²) in [5, 5.41) is 13.5. The molecular formula is C9H14N2O. The number of aliphatic hydroxyl groups excluding tert-OH is 1. The van der Waals surface area contributed by atoms with Crippen LogP contribution in [0.1, 0.15) is 43.9 Å². The third-order valence-corrected chi connectivity index (χ3v) is 2.55. The van der Waals surface area contributed by atoms with Crippen LogP contribution in [0.15, 0.2) is 12.4 Å². The Labute approximate surface area is 72.0 Å². The van der Waals surface area contributed by atoms with Crippen LogP contribution in [0.5, 0.6) is 0 Å². The van der Waals surface area contributed by atoms with E-state index in [0.29, 0.717) is 6.04 Å². The molecule has 1 aliphatic carbocycles. The summed E-state index contributed by atoms with van der Waals surface area (Å²) in [5.74, 6) is 0. The normalized spacial score (nSPS) is 20.5.